The lowest BCUT2D eigenvalue weighted by molar-refractivity contribution is 0.390. The van der Waals surface area contributed by atoms with Gasteiger partial charge in [-0.3, -0.25) is 9.98 Å². The fourth-order valence-electron chi connectivity index (χ4n) is 2.98. The molecule has 24 heavy (non-hydrogen) atoms. The van der Waals surface area contributed by atoms with Crippen molar-refractivity contribution in [1.82, 2.24) is 0 Å². The first-order valence-corrected chi connectivity index (χ1v) is 8.36. The van der Waals surface area contributed by atoms with E-state index in [-0.39, 0.29) is 23.6 Å². The topological polar surface area (TPSA) is 65.2 Å². The van der Waals surface area contributed by atoms with Crippen LogP contribution in [0.5, 0.6) is 11.5 Å². The van der Waals surface area contributed by atoms with Crippen molar-refractivity contribution < 1.29 is 10.2 Å². The molecule has 1 saturated carbocycles. The second kappa shape index (κ2) is 7.77. The van der Waals surface area contributed by atoms with Crippen molar-refractivity contribution in [3.05, 3.63) is 59.7 Å². The van der Waals surface area contributed by atoms with Crippen LogP contribution in [0, 0.1) is 0 Å². The largest absolute Gasteiger partial charge is 0.507 e. The Labute approximate surface area is 142 Å². The Morgan fingerprint density at radius 2 is 1.12 bits per heavy atom. The second-order valence-corrected chi connectivity index (χ2v) is 6.09. The van der Waals surface area contributed by atoms with Crippen molar-refractivity contribution in [2.24, 2.45) is 9.98 Å². The summed E-state index contributed by atoms with van der Waals surface area (Å²) in [5.74, 6) is 0.484. The number of para-hydroxylation sites is 2. The molecule has 2 N–H and O–H groups in total. The van der Waals surface area contributed by atoms with Gasteiger partial charge in [0, 0.05) is 23.6 Å². The smallest absolute Gasteiger partial charge is 0.124 e. The summed E-state index contributed by atoms with van der Waals surface area (Å²) in [4.78, 5) is 9.34. The number of aromatic hydroxyl groups is 2. The highest BCUT2D eigenvalue weighted by molar-refractivity contribution is 5.84. The van der Waals surface area contributed by atoms with Crippen molar-refractivity contribution >= 4 is 12.4 Å². The maximum atomic E-state index is 9.84. The molecule has 0 spiro atoms. The molecular weight excluding hydrogens is 300 g/mol. The number of phenols is 2. The quantitative estimate of drug-likeness (QED) is 0.837. The van der Waals surface area contributed by atoms with E-state index in [1.807, 2.05) is 24.3 Å². The zero-order valence-corrected chi connectivity index (χ0v) is 13.5. The molecule has 2 aromatic rings. The number of phenolic OH excluding ortho intramolecular Hbond substituents is 2. The van der Waals surface area contributed by atoms with E-state index >= 15 is 0 Å². The highest BCUT2D eigenvalue weighted by Crippen LogP contribution is 2.25. The summed E-state index contributed by atoms with van der Waals surface area (Å²) in [7, 11) is 0. The average Bonchev–Trinajstić information content (AvgIpc) is 2.61. The van der Waals surface area contributed by atoms with Gasteiger partial charge < -0.3 is 10.2 Å². The van der Waals surface area contributed by atoms with Gasteiger partial charge in [-0.05, 0) is 37.1 Å². The van der Waals surface area contributed by atoms with Crippen LogP contribution in [-0.4, -0.2) is 34.7 Å². The fraction of sp³-hybridized carbons (Fsp3) is 0.300. The molecule has 124 valence electrons. The summed E-state index contributed by atoms with van der Waals surface area (Å²) >= 11 is 0. The predicted molar refractivity (Wildman–Crippen MR) is 97.4 cm³/mol. The van der Waals surface area contributed by atoms with E-state index in [4.69, 9.17) is 0 Å². The van der Waals surface area contributed by atoms with Crippen LogP contribution in [0.15, 0.2) is 58.5 Å². The first-order chi connectivity index (χ1) is 11.7. The van der Waals surface area contributed by atoms with Gasteiger partial charge in [-0.2, -0.15) is 0 Å². The minimum atomic E-state index is 0.112. The van der Waals surface area contributed by atoms with Crippen LogP contribution in [0.3, 0.4) is 0 Å². The molecule has 0 saturated heterocycles. The predicted octanol–water partition coefficient (Wildman–Crippen LogP) is 3.95. The number of hydrogen-bond donors (Lipinski definition) is 2. The Morgan fingerprint density at radius 1 is 0.708 bits per heavy atom. The van der Waals surface area contributed by atoms with Gasteiger partial charge in [-0.15, -0.1) is 0 Å². The molecule has 4 heteroatoms. The normalized spacial score (nSPS) is 21.5. The highest BCUT2D eigenvalue weighted by atomic mass is 16.3. The fourth-order valence-corrected chi connectivity index (χ4v) is 2.98. The van der Waals surface area contributed by atoms with Crippen LogP contribution in [0.25, 0.3) is 0 Å². The van der Waals surface area contributed by atoms with Gasteiger partial charge in [-0.1, -0.05) is 37.1 Å². The first kappa shape index (κ1) is 16.2. The minimum Gasteiger partial charge on any atom is -0.507 e. The zero-order chi connectivity index (χ0) is 16.8. The summed E-state index contributed by atoms with van der Waals surface area (Å²) in [6.07, 6.45) is 7.76. The lowest BCUT2D eigenvalue weighted by Crippen LogP contribution is -2.27. The standard InChI is InChI=1S/C20H22N2O2/c23-19-11-5-1-7-15(19)13-21-17-9-3-4-10-18(17)22-14-16-8-2-6-12-20(16)24/h1-2,5-8,11-14,17-18,23-24H,3-4,9-10H2/b21-13-,22-14?. The minimum absolute atomic E-state index is 0.112. The zero-order valence-electron chi connectivity index (χ0n) is 13.5. The van der Waals surface area contributed by atoms with Crippen molar-refractivity contribution in [3.8, 4) is 11.5 Å². The van der Waals surface area contributed by atoms with Gasteiger partial charge in [0.25, 0.3) is 0 Å². The number of nitrogens with zero attached hydrogens (tertiary/aromatic N) is 2. The maximum Gasteiger partial charge on any atom is 0.124 e. The Morgan fingerprint density at radius 3 is 1.54 bits per heavy atom. The summed E-state index contributed by atoms with van der Waals surface area (Å²) < 4.78 is 0. The molecule has 2 unspecified atom stereocenters. The summed E-state index contributed by atoms with van der Waals surface area (Å²) in [6, 6.07) is 14.6. The van der Waals surface area contributed by atoms with Crippen LogP contribution in [-0.2, 0) is 0 Å². The summed E-state index contributed by atoms with van der Waals surface area (Å²) in [5, 5.41) is 19.7. The van der Waals surface area contributed by atoms with Gasteiger partial charge in [0.2, 0.25) is 0 Å². The third-order valence-electron chi connectivity index (χ3n) is 4.38. The Kier molecular flexibility index (Phi) is 5.26. The molecule has 2 atom stereocenters. The molecule has 0 amide bonds. The van der Waals surface area contributed by atoms with Gasteiger partial charge in [0.05, 0.1) is 12.1 Å². The molecule has 0 heterocycles. The molecule has 0 bridgehead atoms. The number of aliphatic imine (C=N–C) groups is 2. The summed E-state index contributed by atoms with van der Waals surface area (Å²) in [6.45, 7) is 0. The van der Waals surface area contributed by atoms with Crippen LogP contribution in [0.2, 0.25) is 0 Å². The first-order valence-electron chi connectivity index (χ1n) is 8.36. The van der Waals surface area contributed by atoms with Crippen molar-refractivity contribution in [2.45, 2.75) is 37.8 Å². The lowest BCUT2D eigenvalue weighted by atomic mass is 9.91. The van der Waals surface area contributed by atoms with Crippen molar-refractivity contribution in [2.75, 3.05) is 0 Å². The van der Waals surface area contributed by atoms with Crippen LogP contribution >= 0.6 is 0 Å². The van der Waals surface area contributed by atoms with Crippen LogP contribution in [0.1, 0.15) is 36.8 Å². The van der Waals surface area contributed by atoms with Gasteiger partial charge in [-0.25, -0.2) is 0 Å². The lowest BCUT2D eigenvalue weighted by Gasteiger charge is -2.25. The summed E-state index contributed by atoms with van der Waals surface area (Å²) in [5.41, 5.74) is 1.46. The molecule has 4 nitrogen and oxygen atoms in total. The molecule has 3 rings (SSSR count). The maximum absolute atomic E-state index is 9.84. The molecule has 1 aliphatic carbocycles. The molecule has 2 aromatic carbocycles. The highest BCUT2D eigenvalue weighted by Gasteiger charge is 2.23. The number of rotatable bonds is 4. The van der Waals surface area contributed by atoms with E-state index in [0.717, 1.165) is 36.8 Å². The monoisotopic (exact) mass is 322 g/mol. The van der Waals surface area contributed by atoms with Gasteiger partial charge in [0.1, 0.15) is 11.5 Å². The van der Waals surface area contributed by atoms with Gasteiger partial charge >= 0.3 is 0 Å². The molecule has 1 fully saturated rings. The van der Waals surface area contributed by atoms with E-state index in [1.54, 1.807) is 36.7 Å². The Bertz CT molecular complexity index is 676. The van der Waals surface area contributed by atoms with Gasteiger partial charge in [0.15, 0.2) is 0 Å². The molecule has 0 radical (unpaired) electrons. The number of hydrogen-bond acceptors (Lipinski definition) is 4. The molecule has 0 aliphatic heterocycles. The van der Waals surface area contributed by atoms with Crippen molar-refractivity contribution in [1.29, 1.82) is 0 Å². The van der Waals surface area contributed by atoms with E-state index in [9.17, 15) is 10.2 Å². The van der Waals surface area contributed by atoms with E-state index < -0.39 is 0 Å². The Hall–Kier alpha value is -2.62. The van der Waals surface area contributed by atoms with E-state index in [2.05, 4.69) is 9.98 Å². The SMILES string of the molecule is Oc1ccccc1C=NC1CCCCC1/N=C\c1ccccc1O. The molecular formula is C20H22N2O2. The van der Waals surface area contributed by atoms with E-state index in [0.29, 0.717) is 0 Å². The molecule has 1 aliphatic rings. The molecule has 0 aromatic heterocycles. The second-order valence-electron chi connectivity index (χ2n) is 6.09. The number of benzene rings is 2. The third-order valence-corrected chi connectivity index (χ3v) is 4.38. The van der Waals surface area contributed by atoms with Crippen LogP contribution < -0.4 is 0 Å². The Balaban J connectivity index is 1.74. The van der Waals surface area contributed by atoms with Crippen LogP contribution in [0.4, 0.5) is 0 Å². The third kappa shape index (κ3) is 4.02. The van der Waals surface area contributed by atoms with Crippen molar-refractivity contribution in [3.63, 3.8) is 0 Å². The van der Waals surface area contributed by atoms with E-state index in [1.165, 1.54) is 0 Å². The average molecular weight is 322 g/mol.